The first-order valence-corrected chi connectivity index (χ1v) is 16.0. The largest absolute Gasteiger partial charge is 0.368 e. The van der Waals surface area contributed by atoms with Crippen molar-refractivity contribution in [2.45, 2.75) is 17.4 Å². The molecule has 0 amide bonds. The Balaban J connectivity index is 1.32. The third-order valence-corrected chi connectivity index (χ3v) is 10.2. The lowest BCUT2D eigenvalue weighted by atomic mass is 10.1. The maximum absolute atomic E-state index is 14.2. The molecule has 1 saturated heterocycles. The third kappa shape index (κ3) is 5.05. The van der Waals surface area contributed by atoms with E-state index in [1.165, 1.54) is 4.57 Å². The van der Waals surface area contributed by atoms with Crippen LogP contribution in [-0.2, 0) is 23.3 Å². The molecule has 2 aliphatic rings. The van der Waals surface area contributed by atoms with E-state index in [-0.39, 0.29) is 17.3 Å². The van der Waals surface area contributed by atoms with Crippen LogP contribution in [-0.4, -0.2) is 64.4 Å². The van der Waals surface area contributed by atoms with Crippen molar-refractivity contribution in [3.8, 4) is 11.4 Å². The molecule has 13 heteroatoms. The summed E-state index contributed by atoms with van der Waals surface area (Å²) in [6.45, 7) is 3.55. The number of nitrogens with zero attached hydrogens (tertiary/aromatic N) is 6. The fraction of sp³-hybridized carbons (Fsp3) is 0.267. The highest BCUT2D eigenvalue weighted by Crippen LogP contribution is 2.33. The van der Waals surface area contributed by atoms with E-state index in [0.29, 0.717) is 50.0 Å². The molecule has 0 bridgehead atoms. The highest BCUT2D eigenvalue weighted by Gasteiger charge is 2.33. The van der Waals surface area contributed by atoms with Crippen molar-refractivity contribution in [1.82, 2.24) is 29.4 Å². The van der Waals surface area contributed by atoms with Gasteiger partial charge in [-0.05, 0) is 42.3 Å². The van der Waals surface area contributed by atoms with Gasteiger partial charge in [0.1, 0.15) is 11.5 Å². The number of hydrogen-bond donors (Lipinski definition) is 2. The summed E-state index contributed by atoms with van der Waals surface area (Å²) in [5.74, 6) is 0.510. The predicted octanol–water partition coefficient (Wildman–Crippen LogP) is 3.57. The van der Waals surface area contributed by atoms with Gasteiger partial charge in [-0.2, -0.15) is 4.98 Å². The highest BCUT2D eigenvalue weighted by atomic mass is 35.5. The molecule has 220 valence electrons. The molecule has 0 spiro atoms. The van der Waals surface area contributed by atoms with Crippen molar-refractivity contribution in [2.24, 2.45) is 7.05 Å². The van der Waals surface area contributed by atoms with Crippen LogP contribution in [0.2, 0.25) is 5.02 Å². The first-order valence-electron chi connectivity index (χ1n) is 14.0. The van der Waals surface area contributed by atoms with Crippen LogP contribution in [0, 0.1) is 0 Å². The van der Waals surface area contributed by atoms with E-state index in [1.54, 1.807) is 54.5 Å². The molecule has 11 nitrogen and oxygen atoms in total. The van der Waals surface area contributed by atoms with Gasteiger partial charge in [-0.1, -0.05) is 29.8 Å². The monoisotopic (exact) mass is 616 g/mol. The molecule has 2 aliphatic heterocycles. The minimum absolute atomic E-state index is 0.223. The van der Waals surface area contributed by atoms with Crippen molar-refractivity contribution >= 4 is 49.8 Å². The fourth-order valence-electron chi connectivity index (χ4n) is 5.98. The van der Waals surface area contributed by atoms with Crippen molar-refractivity contribution in [1.29, 1.82) is 0 Å². The summed E-state index contributed by atoms with van der Waals surface area (Å²) in [5.41, 5.74) is 2.64. The number of imidazole rings is 1. The molecular formula is C30H29ClN8O3S. The van der Waals surface area contributed by atoms with Crippen LogP contribution in [0.5, 0.6) is 0 Å². The number of nitrogens with one attached hydrogen (secondary N) is 2. The molecule has 7 rings (SSSR count). The van der Waals surface area contributed by atoms with Gasteiger partial charge in [0.2, 0.25) is 5.95 Å². The van der Waals surface area contributed by atoms with Gasteiger partial charge in [0.05, 0.1) is 33.0 Å². The Bertz CT molecular complexity index is 2040. The number of pyridine rings is 1. The zero-order valence-electron chi connectivity index (χ0n) is 23.4. The Morgan fingerprint density at radius 3 is 2.65 bits per heavy atom. The van der Waals surface area contributed by atoms with Crippen LogP contribution >= 0.6 is 11.6 Å². The number of benzene rings is 2. The van der Waals surface area contributed by atoms with Crippen molar-refractivity contribution in [3.05, 3.63) is 88.1 Å². The van der Waals surface area contributed by atoms with E-state index in [1.807, 2.05) is 24.3 Å². The summed E-state index contributed by atoms with van der Waals surface area (Å²) in [5, 5.41) is 7.75. The Hall–Kier alpha value is -4.26. The summed E-state index contributed by atoms with van der Waals surface area (Å²) < 4.78 is 30.0. The van der Waals surface area contributed by atoms with E-state index < -0.39 is 15.9 Å². The van der Waals surface area contributed by atoms with Crippen LogP contribution < -0.4 is 21.1 Å². The smallest absolute Gasteiger partial charge is 0.263 e. The minimum atomic E-state index is -3.64. The minimum Gasteiger partial charge on any atom is -0.368 e. The SMILES string of the molecule is Cn1ccnc1-c1cc2cnc(Nc3ccc(N4CCNCC4)c(Cl)c3)nc2n(C2Cc3ccccc3S(=O)(=O)C2)c1=O. The molecule has 0 aliphatic carbocycles. The average Bonchev–Trinajstić information content (AvgIpc) is 3.42. The molecule has 1 unspecified atom stereocenters. The van der Waals surface area contributed by atoms with E-state index >= 15 is 0 Å². The maximum Gasteiger partial charge on any atom is 0.263 e. The summed E-state index contributed by atoms with van der Waals surface area (Å²) in [6, 6.07) is 13.7. The van der Waals surface area contributed by atoms with Crippen molar-refractivity contribution in [2.75, 3.05) is 42.1 Å². The molecule has 5 heterocycles. The number of fused-ring (bicyclic) bond motifs is 2. The van der Waals surface area contributed by atoms with Crippen molar-refractivity contribution in [3.63, 3.8) is 0 Å². The quantitative estimate of drug-likeness (QED) is 0.305. The normalized spacial score (nSPS) is 18.0. The number of halogens is 1. The molecule has 0 radical (unpaired) electrons. The van der Waals surface area contributed by atoms with Gasteiger partial charge in [-0.15, -0.1) is 0 Å². The van der Waals surface area contributed by atoms with Gasteiger partial charge in [0, 0.05) is 62.9 Å². The van der Waals surface area contributed by atoms with Crippen LogP contribution in [0.1, 0.15) is 11.6 Å². The van der Waals surface area contributed by atoms with E-state index in [2.05, 4.69) is 25.5 Å². The Kier molecular flexibility index (Phi) is 6.91. The Morgan fingerprint density at radius 1 is 1.07 bits per heavy atom. The second-order valence-electron chi connectivity index (χ2n) is 10.8. The van der Waals surface area contributed by atoms with Crippen LogP contribution in [0.25, 0.3) is 22.4 Å². The first-order chi connectivity index (χ1) is 20.8. The summed E-state index contributed by atoms with van der Waals surface area (Å²) >= 11 is 6.67. The van der Waals surface area contributed by atoms with Crippen molar-refractivity contribution < 1.29 is 8.42 Å². The number of aromatic nitrogens is 5. The Labute approximate surface area is 253 Å². The standard InChI is InChI=1S/C30H29ClN8O3S/c1-37-11-10-33-28(37)23-15-20-17-34-30(35-21-6-7-25(24(31)16-21)38-12-8-32-9-13-38)36-27(20)39(29(23)40)22-14-19-4-2-3-5-26(19)43(41,42)18-22/h2-7,10-11,15-17,22,32H,8-9,12-14,18H2,1H3,(H,34,35,36). The number of aryl methyl sites for hydroxylation is 1. The van der Waals surface area contributed by atoms with Gasteiger partial charge in [0.15, 0.2) is 9.84 Å². The summed E-state index contributed by atoms with van der Waals surface area (Å²) in [4.78, 5) is 30.4. The average molecular weight is 617 g/mol. The molecule has 1 fully saturated rings. The van der Waals surface area contributed by atoms with E-state index in [4.69, 9.17) is 16.6 Å². The van der Waals surface area contributed by atoms with Crippen LogP contribution in [0.15, 0.2) is 76.8 Å². The van der Waals surface area contributed by atoms with Crippen LogP contribution in [0.4, 0.5) is 17.3 Å². The lowest BCUT2D eigenvalue weighted by Gasteiger charge is -2.30. The third-order valence-electron chi connectivity index (χ3n) is 8.04. The van der Waals surface area contributed by atoms with Crippen LogP contribution in [0.3, 0.4) is 0 Å². The lowest BCUT2D eigenvalue weighted by Crippen LogP contribution is -2.43. The molecule has 2 aromatic carbocycles. The van der Waals surface area contributed by atoms with Gasteiger partial charge >= 0.3 is 0 Å². The molecule has 1 atom stereocenters. The molecule has 43 heavy (non-hydrogen) atoms. The van der Waals surface area contributed by atoms with Gasteiger partial charge in [-0.3, -0.25) is 9.36 Å². The fourth-order valence-corrected chi connectivity index (χ4v) is 8.07. The topological polar surface area (TPSA) is 127 Å². The van der Waals surface area contributed by atoms with Gasteiger partial charge < -0.3 is 20.1 Å². The second-order valence-corrected chi connectivity index (χ2v) is 13.3. The zero-order chi connectivity index (χ0) is 29.7. The molecule has 2 N–H and O–H groups in total. The number of anilines is 3. The lowest BCUT2D eigenvalue weighted by molar-refractivity contribution is 0.506. The summed E-state index contributed by atoms with van der Waals surface area (Å²) in [7, 11) is -1.83. The Morgan fingerprint density at radius 2 is 1.88 bits per heavy atom. The number of sulfone groups is 1. The molecular weight excluding hydrogens is 588 g/mol. The number of hydrogen-bond acceptors (Lipinski definition) is 9. The predicted molar refractivity (Wildman–Crippen MR) is 167 cm³/mol. The molecule has 0 saturated carbocycles. The van der Waals surface area contributed by atoms with E-state index in [9.17, 15) is 13.2 Å². The highest BCUT2D eigenvalue weighted by molar-refractivity contribution is 7.91. The molecule has 3 aromatic heterocycles. The first kappa shape index (κ1) is 27.6. The van der Waals surface area contributed by atoms with E-state index in [0.717, 1.165) is 31.9 Å². The second kappa shape index (κ2) is 10.8. The molecule has 5 aromatic rings. The number of rotatable bonds is 5. The zero-order valence-corrected chi connectivity index (χ0v) is 24.9. The van der Waals surface area contributed by atoms with Gasteiger partial charge in [-0.25, -0.2) is 18.4 Å². The number of piperazine rings is 1. The maximum atomic E-state index is 14.2. The summed E-state index contributed by atoms with van der Waals surface area (Å²) in [6.07, 6.45) is 5.37. The van der Waals surface area contributed by atoms with Gasteiger partial charge in [0.25, 0.3) is 5.56 Å².